The lowest BCUT2D eigenvalue weighted by molar-refractivity contribution is 0.0924. The second-order valence-electron chi connectivity index (χ2n) is 9.99. The van der Waals surface area contributed by atoms with E-state index in [-0.39, 0.29) is 18.3 Å². The number of aromatic nitrogens is 2. The number of thiophene rings is 1. The van der Waals surface area contributed by atoms with Crippen molar-refractivity contribution in [2.45, 2.75) is 71.8 Å². The van der Waals surface area contributed by atoms with Crippen LogP contribution < -0.4 is 0 Å². The van der Waals surface area contributed by atoms with Gasteiger partial charge in [-0.3, -0.25) is 4.79 Å². The topological polar surface area (TPSA) is 55.1 Å². The molecule has 4 rings (SSSR count). The molecule has 0 amide bonds. The Hall–Kier alpha value is -1.98. The van der Waals surface area contributed by atoms with Crippen molar-refractivity contribution in [3.63, 3.8) is 0 Å². The lowest BCUT2D eigenvalue weighted by Gasteiger charge is -2.31. The van der Waals surface area contributed by atoms with Crippen LogP contribution in [0.3, 0.4) is 0 Å². The molecule has 1 aromatic carbocycles. The van der Waals surface area contributed by atoms with Crippen molar-refractivity contribution >= 4 is 28.2 Å². The first-order valence-corrected chi connectivity index (χ1v) is 13.0. The number of ketones is 1. The minimum Gasteiger partial charge on any atom is -0.396 e. The van der Waals surface area contributed by atoms with Crippen molar-refractivity contribution in [2.24, 2.45) is 17.8 Å². The van der Waals surface area contributed by atoms with Gasteiger partial charge in [0.2, 0.25) is 0 Å². The smallest absolute Gasteiger partial charge is 0.163 e. The summed E-state index contributed by atoms with van der Waals surface area (Å²) >= 11 is 1.77. The third-order valence-electron chi connectivity index (χ3n) is 6.93. The molecule has 0 bridgehead atoms. The molecule has 1 N–H and O–H groups in total. The van der Waals surface area contributed by atoms with Crippen molar-refractivity contribution in [2.75, 3.05) is 6.61 Å². The molecule has 1 saturated carbocycles. The van der Waals surface area contributed by atoms with Gasteiger partial charge < -0.3 is 9.67 Å². The van der Waals surface area contributed by atoms with Crippen LogP contribution in [0.15, 0.2) is 35.7 Å². The first-order chi connectivity index (χ1) is 15.5. The van der Waals surface area contributed by atoms with Crippen LogP contribution in [0, 0.1) is 17.8 Å². The van der Waals surface area contributed by atoms with E-state index in [1.54, 1.807) is 11.3 Å². The zero-order chi connectivity index (χ0) is 22.7. The molecule has 32 heavy (non-hydrogen) atoms. The Labute approximate surface area is 195 Å². The second kappa shape index (κ2) is 10.3. The number of benzene rings is 1. The number of fused-ring (bicyclic) bond motifs is 1. The molecule has 1 aliphatic rings. The molecule has 172 valence electrons. The van der Waals surface area contributed by atoms with E-state index < -0.39 is 0 Å². The van der Waals surface area contributed by atoms with E-state index in [2.05, 4.69) is 48.9 Å². The van der Waals surface area contributed by atoms with Gasteiger partial charge >= 0.3 is 0 Å². The number of Topliss-reactive ketones (excluding diaryl/α,β-unsaturated/α-hetero) is 1. The SMILES string of the molecule is CC(C)C[C@@H](CO)CC(=O)c1ccc2c(c1)nc(Cc1cccs1)n2C1CCCCC1C. The standard InChI is InChI=1S/C27H36N2O2S/c1-18(2)13-20(17-30)14-26(31)21-10-11-25-23(15-21)28-27(16-22-8-6-12-32-22)29(25)24-9-5-4-7-19(24)3/h6,8,10-12,15,18-20,24,30H,4-5,7,9,13-14,16-17H2,1-3H3/t19?,20-,24?/m1/s1. The number of nitrogens with zero attached hydrogens (tertiary/aromatic N) is 2. The molecule has 0 saturated heterocycles. The molecule has 1 fully saturated rings. The third-order valence-corrected chi connectivity index (χ3v) is 7.81. The Kier molecular flexibility index (Phi) is 7.47. The first-order valence-electron chi connectivity index (χ1n) is 12.1. The largest absolute Gasteiger partial charge is 0.396 e. The van der Waals surface area contributed by atoms with Crippen LogP contribution in [0.4, 0.5) is 0 Å². The highest BCUT2D eigenvalue weighted by atomic mass is 32.1. The third kappa shape index (κ3) is 5.15. The summed E-state index contributed by atoms with van der Waals surface area (Å²) in [5, 5.41) is 11.8. The van der Waals surface area contributed by atoms with Crippen LogP contribution in [-0.2, 0) is 6.42 Å². The van der Waals surface area contributed by atoms with Gasteiger partial charge in [-0.15, -0.1) is 11.3 Å². The van der Waals surface area contributed by atoms with Gasteiger partial charge in [-0.2, -0.15) is 0 Å². The maximum atomic E-state index is 13.0. The van der Waals surface area contributed by atoms with Crippen LogP contribution in [0.5, 0.6) is 0 Å². The summed E-state index contributed by atoms with van der Waals surface area (Å²) in [6.07, 6.45) is 7.12. The molecule has 5 heteroatoms. The fourth-order valence-corrected chi connectivity index (χ4v) is 6.04. The quantitative estimate of drug-likeness (QED) is 0.369. The number of hydrogen-bond acceptors (Lipinski definition) is 4. The molecule has 2 heterocycles. The summed E-state index contributed by atoms with van der Waals surface area (Å²) < 4.78 is 2.47. The van der Waals surface area contributed by atoms with Crippen molar-refractivity contribution in [3.05, 3.63) is 52.0 Å². The number of hydrogen-bond donors (Lipinski definition) is 1. The van der Waals surface area contributed by atoms with E-state index in [0.717, 1.165) is 29.7 Å². The van der Waals surface area contributed by atoms with E-state index >= 15 is 0 Å². The monoisotopic (exact) mass is 452 g/mol. The lowest BCUT2D eigenvalue weighted by atomic mass is 9.85. The Morgan fingerprint density at radius 1 is 1.25 bits per heavy atom. The zero-order valence-electron chi connectivity index (χ0n) is 19.6. The Bertz CT molecular complexity index is 1040. The van der Waals surface area contributed by atoms with Gasteiger partial charge in [0, 0.05) is 35.9 Å². The van der Waals surface area contributed by atoms with Crippen molar-refractivity contribution in [1.82, 2.24) is 9.55 Å². The molecular weight excluding hydrogens is 416 g/mol. The number of imidazole rings is 1. The predicted molar refractivity (Wildman–Crippen MR) is 133 cm³/mol. The number of aliphatic hydroxyl groups excluding tert-OH is 1. The van der Waals surface area contributed by atoms with Gasteiger partial charge in [-0.05, 0) is 66.7 Å². The van der Waals surface area contributed by atoms with Gasteiger partial charge in [-0.1, -0.05) is 39.7 Å². The maximum absolute atomic E-state index is 13.0. The Morgan fingerprint density at radius 2 is 2.06 bits per heavy atom. The van der Waals surface area contributed by atoms with Gasteiger partial charge in [0.05, 0.1) is 11.0 Å². The van der Waals surface area contributed by atoms with Gasteiger partial charge in [0.15, 0.2) is 5.78 Å². The molecule has 2 aromatic heterocycles. The summed E-state index contributed by atoms with van der Waals surface area (Å²) in [5.74, 6) is 2.33. The summed E-state index contributed by atoms with van der Waals surface area (Å²) in [6, 6.07) is 10.8. The summed E-state index contributed by atoms with van der Waals surface area (Å²) in [6.45, 7) is 6.69. The molecule has 2 unspecified atom stereocenters. The molecule has 0 aliphatic heterocycles. The van der Waals surface area contributed by atoms with Crippen LogP contribution in [0.1, 0.15) is 86.4 Å². The minimum atomic E-state index is 0.0215. The molecule has 3 atom stereocenters. The highest BCUT2D eigenvalue weighted by molar-refractivity contribution is 7.09. The number of aliphatic hydroxyl groups is 1. The van der Waals surface area contributed by atoms with E-state index in [9.17, 15) is 9.90 Å². The first kappa shape index (κ1) is 23.2. The predicted octanol–water partition coefficient (Wildman–Crippen LogP) is 6.67. The second-order valence-corrected chi connectivity index (χ2v) is 11.0. The molecule has 0 radical (unpaired) electrons. The molecular formula is C27H36N2O2S. The summed E-state index contributed by atoms with van der Waals surface area (Å²) in [4.78, 5) is 19.4. The van der Waals surface area contributed by atoms with Crippen molar-refractivity contribution < 1.29 is 9.90 Å². The molecule has 3 aromatic rings. The minimum absolute atomic E-state index is 0.0215. The maximum Gasteiger partial charge on any atom is 0.163 e. The van der Waals surface area contributed by atoms with Crippen LogP contribution in [0.2, 0.25) is 0 Å². The van der Waals surface area contributed by atoms with Crippen LogP contribution in [-0.4, -0.2) is 27.0 Å². The number of rotatable bonds is 9. The van der Waals surface area contributed by atoms with E-state index in [0.29, 0.717) is 29.9 Å². The highest BCUT2D eigenvalue weighted by Crippen LogP contribution is 2.37. The van der Waals surface area contributed by atoms with E-state index in [1.807, 2.05) is 12.1 Å². The van der Waals surface area contributed by atoms with Gasteiger partial charge in [-0.25, -0.2) is 4.98 Å². The summed E-state index contributed by atoms with van der Waals surface area (Å²) in [7, 11) is 0. The lowest BCUT2D eigenvalue weighted by Crippen LogP contribution is -2.22. The summed E-state index contributed by atoms with van der Waals surface area (Å²) in [5.41, 5.74) is 2.78. The molecule has 4 nitrogen and oxygen atoms in total. The highest BCUT2D eigenvalue weighted by Gasteiger charge is 2.27. The average Bonchev–Trinajstić information content (AvgIpc) is 3.40. The van der Waals surface area contributed by atoms with Gasteiger partial charge in [0.1, 0.15) is 5.82 Å². The van der Waals surface area contributed by atoms with Crippen LogP contribution in [0.25, 0.3) is 11.0 Å². The zero-order valence-corrected chi connectivity index (χ0v) is 20.4. The number of carbonyl (C=O) groups excluding carboxylic acids is 1. The fourth-order valence-electron chi connectivity index (χ4n) is 5.34. The average molecular weight is 453 g/mol. The number of carbonyl (C=O) groups is 1. The van der Waals surface area contributed by atoms with E-state index in [1.165, 1.54) is 30.6 Å². The van der Waals surface area contributed by atoms with Crippen LogP contribution >= 0.6 is 11.3 Å². The Morgan fingerprint density at radius 3 is 2.75 bits per heavy atom. The van der Waals surface area contributed by atoms with Crippen molar-refractivity contribution in [1.29, 1.82) is 0 Å². The molecule has 0 spiro atoms. The van der Waals surface area contributed by atoms with E-state index in [4.69, 9.17) is 4.98 Å². The normalized spacial score (nSPS) is 20.2. The Balaban J connectivity index is 1.67. The fraction of sp³-hybridized carbons (Fsp3) is 0.556. The molecule has 1 aliphatic carbocycles. The van der Waals surface area contributed by atoms with Crippen molar-refractivity contribution in [3.8, 4) is 0 Å². The van der Waals surface area contributed by atoms with Gasteiger partial charge in [0.25, 0.3) is 0 Å².